The number of rotatable bonds is 10. The van der Waals surface area contributed by atoms with Gasteiger partial charge in [0, 0.05) is 47.9 Å². The second-order valence-corrected chi connectivity index (χ2v) is 7.61. The van der Waals surface area contributed by atoms with E-state index in [1.54, 1.807) is 42.6 Å². The fourth-order valence-electron chi connectivity index (χ4n) is 2.81. The van der Waals surface area contributed by atoms with E-state index in [1.807, 2.05) is 44.1 Å². The molecule has 174 valence electrons. The highest BCUT2D eigenvalue weighted by molar-refractivity contribution is 5.99. The van der Waals surface area contributed by atoms with E-state index in [9.17, 15) is 4.79 Å². The molecule has 0 saturated carbocycles. The standard InChI is InChI=1S/C26H27N5O3/c1-5-15-33-22-11-6-10-21(16-22)29-26-27-18-19(2)25(30-26)34-23-12-7-9-20(17-23)28-24(32)13-8-14-31(3)4/h1,6-13,16-18H,14-15H2,2-4H3,(H,28,32)(H,27,29,30). The maximum absolute atomic E-state index is 12.1. The SMILES string of the molecule is C#CCOc1cccc(Nc2ncc(C)c(Oc3cccc(NC(=O)C=CCN(C)C)c3)n2)c1. The van der Waals surface area contributed by atoms with Crippen molar-refractivity contribution in [2.45, 2.75) is 6.92 Å². The molecule has 3 rings (SSSR count). The number of anilines is 3. The fourth-order valence-corrected chi connectivity index (χ4v) is 2.81. The number of likely N-dealkylation sites (N-methyl/N-ethyl adjacent to an activating group) is 1. The number of ether oxygens (including phenoxy) is 2. The summed E-state index contributed by atoms with van der Waals surface area (Å²) in [5.74, 6) is 4.16. The maximum Gasteiger partial charge on any atom is 0.248 e. The molecule has 34 heavy (non-hydrogen) atoms. The minimum Gasteiger partial charge on any atom is -0.481 e. The van der Waals surface area contributed by atoms with Crippen LogP contribution >= 0.6 is 0 Å². The highest BCUT2D eigenvalue weighted by Gasteiger charge is 2.09. The van der Waals surface area contributed by atoms with Crippen molar-refractivity contribution in [1.29, 1.82) is 0 Å². The molecular formula is C26H27N5O3. The largest absolute Gasteiger partial charge is 0.481 e. The van der Waals surface area contributed by atoms with E-state index in [2.05, 4.69) is 26.5 Å². The van der Waals surface area contributed by atoms with Gasteiger partial charge in [-0.3, -0.25) is 4.79 Å². The van der Waals surface area contributed by atoms with Gasteiger partial charge >= 0.3 is 0 Å². The topological polar surface area (TPSA) is 88.6 Å². The molecule has 2 aromatic carbocycles. The van der Waals surface area contributed by atoms with E-state index in [0.29, 0.717) is 35.6 Å². The van der Waals surface area contributed by atoms with Gasteiger partial charge < -0.3 is 25.0 Å². The number of hydrogen-bond donors (Lipinski definition) is 2. The fraction of sp³-hybridized carbons (Fsp3) is 0.192. The molecule has 0 spiro atoms. The van der Waals surface area contributed by atoms with Gasteiger partial charge in [0.25, 0.3) is 0 Å². The van der Waals surface area contributed by atoms with Gasteiger partial charge in [-0.15, -0.1) is 6.42 Å². The lowest BCUT2D eigenvalue weighted by atomic mass is 10.3. The van der Waals surface area contributed by atoms with Crippen LogP contribution in [0.3, 0.4) is 0 Å². The number of hydrogen-bond acceptors (Lipinski definition) is 7. The lowest BCUT2D eigenvalue weighted by Gasteiger charge is -2.12. The zero-order valence-electron chi connectivity index (χ0n) is 19.4. The van der Waals surface area contributed by atoms with Crippen LogP contribution in [0.25, 0.3) is 0 Å². The van der Waals surface area contributed by atoms with Crippen LogP contribution in [0.2, 0.25) is 0 Å². The second-order valence-electron chi connectivity index (χ2n) is 7.61. The summed E-state index contributed by atoms with van der Waals surface area (Å²) in [7, 11) is 3.87. The van der Waals surface area contributed by atoms with E-state index in [0.717, 1.165) is 11.3 Å². The summed E-state index contributed by atoms with van der Waals surface area (Å²) < 4.78 is 11.4. The van der Waals surface area contributed by atoms with Crippen molar-refractivity contribution < 1.29 is 14.3 Å². The van der Waals surface area contributed by atoms with Crippen LogP contribution in [0.15, 0.2) is 66.9 Å². The first-order valence-electron chi connectivity index (χ1n) is 10.6. The van der Waals surface area contributed by atoms with Crippen molar-refractivity contribution in [2.75, 3.05) is 37.9 Å². The van der Waals surface area contributed by atoms with E-state index in [-0.39, 0.29) is 12.5 Å². The van der Waals surface area contributed by atoms with Crippen molar-refractivity contribution in [1.82, 2.24) is 14.9 Å². The molecule has 0 aliphatic carbocycles. The van der Waals surface area contributed by atoms with Crippen LogP contribution in [0, 0.1) is 19.3 Å². The highest BCUT2D eigenvalue weighted by Crippen LogP contribution is 2.27. The van der Waals surface area contributed by atoms with Gasteiger partial charge in [0.1, 0.15) is 18.1 Å². The monoisotopic (exact) mass is 457 g/mol. The van der Waals surface area contributed by atoms with E-state index >= 15 is 0 Å². The van der Waals surface area contributed by atoms with Crippen molar-refractivity contribution >= 4 is 23.2 Å². The molecule has 3 aromatic rings. The zero-order valence-corrected chi connectivity index (χ0v) is 19.4. The van der Waals surface area contributed by atoms with Gasteiger partial charge in [-0.25, -0.2) is 4.98 Å². The number of terminal acetylenes is 1. The molecule has 2 N–H and O–H groups in total. The van der Waals surface area contributed by atoms with Crippen molar-refractivity contribution in [2.24, 2.45) is 0 Å². The number of amides is 1. The van der Waals surface area contributed by atoms with Crippen LogP contribution < -0.4 is 20.1 Å². The van der Waals surface area contributed by atoms with Gasteiger partial charge in [-0.2, -0.15) is 4.98 Å². The predicted molar refractivity (Wildman–Crippen MR) is 134 cm³/mol. The summed E-state index contributed by atoms with van der Waals surface area (Å²) in [6.07, 6.45) is 10.2. The summed E-state index contributed by atoms with van der Waals surface area (Å²) in [4.78, 5) is 22.9. The first-order chi connectivity index (χ1) is 16.4. The Morgan fingerprint density at radius 2 is 1.88 bits per heavy atom. The Morgan fingerprint density at radius 1 is 1.15 bits per heavy atom. The number of carbonyl (C=O) groups excluding carboxylic acids is 1. The lowest BCUT2D eigenvalue weighted by Crippen LogP contribution is -2.12. The normalized spacial score (nSPS) is 10.7. The first kappa shape index (κ1) is 24.3. The number of nitrogens with zero attached hydrogens (tertiary/aromatic N) is 3. The summed E-state index contributed by atoms with van der Waals surface area (Å²) in [5, 5.41) is 5.96. The molecule has 0 fully saturated rings. The Kier molecular flexibility index (Phi) is 8.60. The molecule has 0 saturated heterocycles. The third kappa shape index (κ3) is 7.65. The quantitative estimate of drug-likeness (QED) is 0.345. The molecule has 0 aliphatic rings. The van der Waals surface area contributed by atoms with Crippen LogP contribution in [-0.2, 0) is 4.79 Å². The molecule has 8 heteroatoms. The van der Waals surface area contributed by atoms with Gasteiger partial charge in [0.15, 0.2) is 0 Å². The molecule has 0 radical (unpaired) electrons. The third-order valence-corrected chi connectivity index (χ3v) is 4.39. The van der Waals surface area contributed by atoms with Gasteiger partial charge in [0.2, 0.25) is 17.7 Å². The van der Waals surface area contributed by atoms with Crippen LogP contribution in [0.1, 0.15) is 5.56 Å². The Balaban J connectivity index is 1.69. The van der Waals surface area contributed by atoms with Gasteiger partial charge in [0.05, 0.1) is 0 Å². The van der Waals surface area contributed by atoms with Crippen LogP contribution in [0.5, 0.6) is 17.4 Å². The molecule has 1 amide bonds. The summed E-state index contributed by atoms with van der Waals surface area (Å²) in [5.41, 5.74) is 2.12. The van der Waals surface area contributed by atoms with E-state index in [1.165, 1.54) is 6.08 Å². The van der Waals surface area contributed by atoms with Crippen LogP contribution in [-0.4, -0.2) is 48.0 Å². The minimum absolute atomic E-state index is 0.189. The predicted octanol–water partition coefficient (Wildman–Crippen LogP) is 4.39. The van der Waals surface area contributed by atoms with Crippen molar-refractivity contribution in [3.05, 3.63) is 72.4 Å². The molecular weight excluding hydrogens is 430 g/mol. The lowest BCUT2D eigenvalue weighted by molar-refractivity contribution is -0.111. The van der Waals surface area contributed by atoms with Crippen molar-refractivity contribution in [3.63, 3.8) is 0 Å². The number of nitrogens with one attached hydrogen (secondary N) is 2. The maximum atomic E-state index is 12.1. The number of benzene rings is 2. The number of aryl methyl sites for hydroxylation is 1. The molecule has 0 aliphatic heterocycles. The second kappa shape index (κ2) is 12.0. The van der Waals surface area contributed by atoms with Crippen molar-refractivity contribution in [3.8, 4) is 29.7 Å². The molecule has 1 heterocycles. The average molecular weight is 458 g/mol. The molecule has 0 bridgehead atoms. The number of aromatic nitrogens is 2. The summed E-state index contributed by atoms with van der Waals surface area (Å²) in [6, 6.07) is 14.4. The minimum atomic E-state index is -0.211. The smallest absolute Gasteiger partial charge is 0.248 e. The molecule has 0 unspecified atom stereocenters. The molecule has 0 atom stereocenters. The van der Waals surface area contributed by atoms with Gasteiger partial charge in [-0.05, 0) is 45.3 Å². The molecule has 1 aromatic heterocycles. The Labute approximate surface area is 199 Å². The summed E-state index contributed by atoms with van der Waals surface area (Å²) in [6.45, 7) is 2.73. The molecule has 8 nitrogen and oxygen atoms in total. The van der Waals surface area contributed by atoms with E-state index < -0.39 is 0 Å². The summed E-state index contributed by atoms with van der Waals surface area (Å²) >= 11 is 0. The first-order valence-corrected chi connectivity index (χ1v) is 10.6. The third-order valence-electron chi connectivity index (χ3n) is 4.39. The Bertz CT molecular complexity index is 1200. The number of carbonyl (C=O) groups is 1. The Morgan fingerprint density at radius 3 is 2.65 bits per heavy atom. The van der Waals surface area contributed by atoms with E-state index in [4.69, 9.17) is 15.9 Å². The highest BCUT2D eigenvalue weighted by atomic mass is 16.5. The Hall–Kier alpha value is -4.35. The average Bonchev–Trinajstić information content (AvgIpc) is 2.80. The van der Waals surface area contributed by atoms with Crippen LogP contribution in [0.4, 0.5) is 17.3 Å². The zero-order chi connectivity index (χ0) is 24.3. The van der Waals surface area contributed by atoms with Gasteiger partial charge in [-0.1, -0.05) is 24.1 Å².